The highest BCUT2D eigenvalue weighted by molar-refractivity contribution is 6.06. The van der Waals surface area contributed by atoms with Crippen molar-refractivity contribution in [3.63, 3.8) is 0 Å². The summed E-state index contributed by atoms with van der Waals surface area (Å²) in [6, 6.07) is 0.634. The highest BCUT2D eigenvalue weighted by atomic mass is 16.6. The van der Waals surface area contributed by atoms with Gasteiger partial charge in [0.05, 0.1) is 15.9 Å². The Morgan fingerprint density at radius 2 is 1.32 bits per heavy atom. The van der Waals surface area contributed by atoms with Gasteiger partial charge >= 0.3 is 11.9 Å². The molecule has 154 valence electrons. The Balaban J connectivity index is 3.73. The van der Waals surface area contributed by atoms with Crippen molar-refractivity contribution < 1.29 is 28.9 Å². The van der Waals surface area contributed by atoms with Crippen molar-refractivity contribution >= 4 is 23.3 Å². The molecule has 1 aromatic rings. The molecule has 11 nitrogen and oxygen atoms in total. The highest BCUT2D eigenvalue weighted by Gasteiger charge is 2.53. The number of pyridine rings is 1. The Kier molecular flexibility index (Phi) is 6.13. The molecular weight excluding hydrogens is 374 g/mol. The zero-order valence-corrected chi connectivity index (χ0v) is 16.8. The van der Waals surface area contributed by atoms with Gasteiger partial charge in [-0.2, -0.15) is 0 Å². The van der Waals surface area contributed by atoms with E-state index in [2.05, 4.69) is 4.98 Å². The number of carbonyl (C=O) groups excluding carboxylic acids is 2. The number of aromatic nitrogens is 1. The number of hydrogen-bond acceptors (Lipinski definition) is 9. The van der Waals surface area contributed by atoms with E-state index < -0.39 is 55.5 Å². The molecule has 0 fully saturated rings. The molecule has 0 N–H and O–H groups in total. The Morgan fingerprint density at radius 3 is 1.64 bits per heavy atom. The Labute approximate surface area is 161 Å². The van der Waals surface area contributed by atoms with E-state index in [4.69, 9.17) is 9.47 Å². The van der Waals surface area contributed by atoms with Gasteiger partial charge < -0.3 is 9.47 Å². The topological polar surface area (TPSA) is 152 Å². The van der Waals surface area contributed by atoms with Crippen LogP contribution in [0, 0.1) is 20.2 Å². The van der Waals surface area contributed by atoms with E-state index in [1.54, 1.807) is 41.5 Å². The molecular formula is C17H23N3O8. The molecule has 0 amide bonds. The summed E-state index contributed by atoms with van der Waals surface area (Å²) >= 11 is 0. The summed E-state index contributed by atoms with van der Waals surface area (Å²) in [6.07, 6.45) is 0.731. The fourth-order valence-corrected chi connectivity index (χ4v) is 2.10. The third kappa shape index (κ3) is 5.21. The molecule has 0 bridgehead atoms. The number of nitro groups is 2. The van der Waals surface area contributed by atoms with Crippen molar-refractivity contribution in [3.05, 3.63) is 38.2 Å². The molecule has 1 aromatic heterocycles. The minimum atomic E-state index is -2.32. The zero-order valence-electron chi connectivity index (χ0n) is 16.8. The summed E-state index contributed by atoms with van der Waals surface area (Å²) in [6.45, 7) is 10.4. The second-order valence-corrected chi connectivity index (χ2v) is 8.20. The quantitative estimate of drug-likeness (QED) is 0.316. The molecule has 0 unspecified atom stereocenters. The number of nitrogens with zero attached hydrogens (tertiary/aromatic N) is 3. The summed E-state index contributed by atoms with van der Waals surface area (Å²) in [5.74, 6) is -2.25. The van der Waals surface area contributed by atoms with Gasteiger partial charge in [-0.25, -0.2) is 4.98 Å². The molecule has 0 aromatic carbocycles. The van der Waals surface area contributed by atoms with E-state index in [0.29, 0.717) is 6.07 Å². The zero-order chi connectivity index (χ0) is 22.1. The third-order valence-electron chi connectivity index (χ3n) is 3.35. The van der Waals surface area contributed by atoms with Crippen LogP contribution < -0.4 is 0 Å². The van der Waals surface area contributed by atoms with E-state index in [0.717, 1.165) is 13.1 Å². The Morgan fingerprint density at radius 1 is 0.893 bits per heavy atom. The lowest BCUT2D eigenvalue weighted by Crippen LogP contribution is -2.48. The maximum atomic E-state index is 12.9. The molecule has 0 aliphatic rings. The van der Waals surface area contributed by atoms with Crippen molar-refractivity contribution in [2.45, 2.75) is 65.1 Å². The second-order valence-electron chi connectivity index (χ2n) is 8.20. The fourth-order valence-electron chi connectivity index (χ4n) is 2.10. The van der Waals surface area contributed by atoms with E-state index >= 15 is 0 Å². The minimum absolute atomic E-state index is 0.605. The summed E-state index contributed by atoms with van der Waals surface area (Å²) in [4.78, 5) is 50.1. The number of rotatable bonds is 5. The van der Waals surface area contributed by atoms with Crippen molar-refractivity contribution in [3.8, 4) is 0 Å². The average molecular weight is 397 g/mol. The summed E-state index contributed by atoms with van der Waals surface area (Å²) in [5.41, 5.74) is -6.49. The lowest BCUT2D eigenvalue weighted by atomic mass is 9.84. The maximum absolute atomic E-state index is 12.9. The van der Waals surface area contributed by atoms with Crippen LogP contribution in [0.5, 0.6) is 0 Å². The highest BCUT2D eigenvalue weighted by Crippen LogP contribution is 2.36. The van der Waals surface area contributed by atoms with Crippen molar-refractivity contribution in [1.82, 2.24) is 4.98 Å². The first kappa shape index (κ1) is 22.9. The molecule has 0 saturated carbocycles. The van der Waals surface area contributed by atoms with Gasteiger partial charge in [0, 0.05) is 0 Å². The van der Waals surface area contributed by atoms with Crippen LogP contribution in [0.2, 0.25) is 0 Å². The van der Waals surface area contributed by atoms with Crippen LogP contribution in [0.4, 0.5) is 11.4 Å². The smallest absolute Gasteiger partial charge is 0.330 e. The number of esters is 2. The van der Waals surface area contributed by atoms with Crippen LogP contribution in [-0.2, 0) is 24.5 Å². The third-order valence-corrected chi connectivity index (χ3v) is 3.35. The monoisotopic (exact) mass is 397 g/mol. The molecule has 0 aliphatic heterocycles. The van der Waals surface area contributed by atoms with Crippen molar-refractivity contribution in [1.29, 1.82) is 0 Å². The van der Waals surface area contributed by atoms with E-state index in [1.807, 2.05) is 0 Å². The van der Waals surface area contributed by atoms with Crippen LogP contribution in [-0.4, -0.2) is 38.0 Å². The first-order valence-corrected chi connectivity index (χ1v) is 8.25. The van der Waals surface area contributed by atoms with E-state index in [9.17, 15) is 29.8 Å². The van der Waals surface area contributed by atoms with Gasteiger partial charge in [0.1, 0.15) is 23.1 Å². The molecule has 0 aliphatic carbocycles. The number of ether oxygens (including phenoxy) is 2. The first-order valence-electron chi connectivity index (χ1n) is 8.25. The normalized spacial score (nSPS) is 12.2. The SMILES string of the molecule is CC(C)(C)OC(=O)C(C)(C(=O)OC(C)(C)C)c1ncc([N+](=O)[O-])cc1[N+](=O)[O-]. The van der Waals surface area contributed by atoms with Gasteiger partial charge in [-0.3, -0.25) is 29.8 Å². The molecule has 0 radical (unpaired) electrons. The lowest BCUT2D eigenvalue weighted by molar-refractivity contribution is -0.395. The van der Waals surface area contributed by atoms with Gasteiger partial charge in [-0.15, -0.1) is 0 Å². The average Bonchev–Trinajstić information content (AvgIpc) is 2.49. The Hall–Kier alpha value is -3.11. The van der Waals surface area contributed by atoms with E-state index in [-0.39, 0.29) is 0 Å². The molecule has 11 heteroatoms. The largest absolute Gasteiger partial charge is 0.459 e. The second kappa shape index (κ2) is 7.49. The summed E-state index contributed by atoms with van der Waals surface area (Å²) in [5, 5.41) is 22.4. The van der Waals surface area contributed by atoms with E-state index in [1.165, 1.54) is 0 Å². The predicted molar refractivity (Wildman–Crippen MR) is 96.6 cm³/mol. The number of hydrogen-bond donors (Lipinski definition) is 0. The molecule has 0 atom stereocenters. The van der Waals surface area contributed by atoms with Crippen LogP contribution in [0.3, 0.4) is 0 Å². The van der Waals surface area contributed by atoms with Crippen molar-refractivity contribution in [2.75, 3.05) is 0 Å². The minimum Gasteiger partial charge on any atom is -0.459 e. The number of carbonyl (C=O) groups is 2. The van der Waals surface area contributed by atoms with Gasteiger partial charge in [-0.05, 0) is 48.5 Å². The van der Waals surface area contributed by atoms with Gasteiger partial charge in [-0.1, -0.05) is 0 Å². The van der Waals surface area contributed by atoms with Crippen LogP contribution in [0.25, 0.3) is 0 Å². The fraction of sp³-hybridized carbons (Fsp3) is 0.588. The van der Waals surface area contributed by atoms with Crippen LogP contribution in [0.15, 0.2) is 12.3 Å². The Bertz CT molecular complexity index is 793. The summed E-state index contributed by atoms with van der Waals surface area (Å²) < 4.78 is 10.5. The van der Waals surface area contributed by atoms with Gasteiger partial charge in [0.15, 0.2) is 0 Å². The predicted octanol–water partition coefficient (Wildman–Crippen LogP) is 2.84. The van der Waals surface area contributed by atoms with Gasteiger partial charge in [0.25, 0.3) is 11.4 Å². The van der Waals surface area contributed by atoms with Gasteiger partial charge in [0.2, 0.25) is 5.41 Å². The van der Waals surface area contributed by atoms with Crippen LogP contribution >= 0.6 is 0 Å². The molecule has 28 heavy (non-hydrogen) atoms. The van der Waals surface area contributed by atoms with Crippen molar-refractivity contribution in [2.24, 2.45) is 0 Å². The standard InChI is InChI=1S/C17H23N3O8/c1-15(2,3)27-13(21)17(7,14(22)28-16(4,5)6)12-11(20(25)26)8-10(9-18-12)19(23)24/h8-9H,1-7H3. The first-order chi connectivity index (χ1) is 12.5. The lowest BCUT2D eigenvalue weighted by Gasteiger charge is -2.31. The molecule has 1 rings (SSSR count). The van der Waals surface area contributed by atoms with Crippen LogP contribution in [0.1, 0.15) is 54.2 Å². The molecule has 1 heterocycles. The molecule has 0 spiro atoms. The maximum Gasteiger partial charge on any atom is 0.330 e. The summed E-state index contributed by atoms with van der Waals surface area (Å²) in [7, 11) is 0. The molecule has 0 saturated heterocycles.